The minimum atomic E-state index is -2.05. The molecular formula is C30H50O6Si. The van der Waals surface area contributed by atoms with Crippen molar-refractivity contribution in [1.29, 1.82) is 0 Å². The van der Waals surface area contributed by atoms with Gasteiger partial charge in [-0.2, -0.15) is 0 Å². The molecule has 7 heteroatoms. The Hall–Kier alpha value is -0.473. The van der Waals surface area contributed by atoms with E-state index < -0.39 is 20.4 Å². The van der Waals surface area contributed by atoms with Gasteiger partial charge < -0.3 is 23.4 Å². The van der Waals surface area contributed by atoms with Crippen molar-refractivity contribution >= 4 is 14.3 Å². The van der Waals surface area contributed by atoms with Crippen molar-refractivity contribution in [1.82, 2.24) is 0 Å². The molecular weight excluding hydrogens is 484 g/mol. The molecule has 0 N–H and O–H groups in total. The number of esters is 1. The van der Waals surface area contributed by atoms with Gasteiger partial charge in [0.1, 0.15) is 0 Å². The van der Waals surface area contributed by atoms with Gasteiger partial charge in [0, 0.05) is 6.92 Å². The third kappa shape index (κ3) is 3.73. The lowest BCUT2D eigenvalue weighted by atomic mass is 9.43. The lowest BCUT2D eigenvalue weighted by Crippen LogP contribution is -2.65. The van der Waals surface area contributed by atoms with E-state index in [1.165, 1.54) is 32.6 Å². The smallest absolute Gasteiger partial charge is 0.304 e. The van der Waals surface area contributed by atoms with Crippen LogP contribution in [-0.4, -0.2) is 50.8 Å². The van der Waals surface area contributed by atoms with Crippen molar-refractivity contribution in [3.05, 3.63) is 0 Å². The number of ether oxygens (including phenoxy) is 4. The summed E-state index contributed by atoms with van der Waals surface area (Å²) in [5, 5.41) is 0.111. The molecule has 6 rings (SSSR count). The molecule has 6 fully saturated rings. The van der Waals surface area contributed by atoms with E-state index in [9.17, 15) is 4.79 Å². The molecule has 0 aromatic carbocycles. The van der Waals surface area contributed by atoms with Crippen molar-refractivity contribution in [3.63, 3.8) is 0 Å². The predicted molar refractivity (Wildman–Crippen MR) is 143 cm³/mol. The molecule has 37 heavy (non-hydrogen) atoms. The van der Waals surface area contributed by atoms with Crippen LogP contribution in [-0.2, 0) is 28.2 Å². The molecule has 0 amide bonds. The maximum absolute atomic E-state index is 12.4. The fourth-order valence-electron chi connectivity index (χ4n) is 9.81. The Morgan fingerprint density at radius 1 is 0.973 bits per heavy atom. The minimum absolute atomic E-state index is 0.0411. The lowest BCUT2D eigenvalue weighted by Gasteiger charge is -2.62. The third-order valence-corrected chi connectivity index (χ3v) is 16.6. The van der Waals surface area contributed by atoms with Gasteiger partial charge in [0.25, 0.3) is 0 Å². The van der Waals surface area contributed by atoms with Crippen LogP contribution in [0.5, 0.6) is 0 Å². The molecule has 6 nitrogen and oxygen atoms in total. The highest BCUT2D eigenvalue weighted by Gasteiger charge is 2.76. The summed E-state index contributed by atoms with van der Waals surface area (Å²) in [5.41, 5.74) is -0.167. The van der Waals surface area contributed by atoms with Crippen LogP contribution in [0.4, 0.5) is 0 Å². The summed E-state index contributed by atoms with van der Waals surface area (Å²) in [5.74, 6) is 0.713. The normalized spacial score (nSPS) is 50.1. The van der Waals surface area contributed by atoms with Gasteiger partial charge in [-0.05, 0) is 93.2 Å². The number of rotatable bonds is 3. The molecule has 2 bridgehead atoms. The van der Waals surface area contributed by atoms with Gasteiger partial charge in [-0.15, -0.1) is 0 Å². The fourth-order valence-corrected chi connectivity index (χ4v) is 11.2. The highest BCUT2D eigenvalue weighted by Crippen LogP contribution is 2.73. The first-order valence-corrected chi connectivity index (χ1v) is 17.9. The summed E-state index contributed by atoms with van der Waals surface area (Å²) in [4.78, 5) is 12.4. The Kier molecular flexibility index (Phi) is 5.98. The van der Waals surface area contributed by atoms with Gasteiger partial charge in [-0.25, -0.2) is 0 Å². The van der Waals surface area contributed by atoms with E-state index in [2.05, 4.69) is 54.6 Å². The summed E-state index contributed by atoms with van der Waals surface area (Å²) in [6, 6.07) is 0. The van der Waals surface area contributed by atoms with Crippen molar-refractivity contribution in [2.75, 3.05) is 0 Å². The van der Waals surface area contributed by atoms with Crippen LogP contribution in [0.3, 0.4) is 0 Å². The molecule has 4 aliphatic carbocycles. The Labute approximate surface area is 225 Å². The van der Waals surface area contributed by atoms with Crippen molar-refractivity contribution in [2.45, 2.75) is 148 Å². The second kappa shape index (κ2) is 8.28. The Morgan fingerprint density at radius 3 is 2.35 bits per heavy atom. The van der Waals surface area contributed by atoms with Gasteiger partial charge >= 0.3 is 5.97 Å². The molecule has 2 aliphatic heterocycles. The first kappa shape index (κ1) is 26.7. The van der Waals surface area contributed by atoms with Gasteiger partial charge in [0.15, 0.2) is 14.1 Å². The zero-order valence-corrected chi connectivity index (χ0v) is 25.6. The van der Waals surface area contributed by atoms with Crippen LogP contribution in [0.15, 0.2) is 0 Å². The molecule has 4 saturated carbocycles. The van der Waals surface area contributed by atoms with Crippen molar-refractivity contribution in [3.8, 4) is 0 Å². The van der Waals surface area contributed by atoms with E-state index in [1.54, 1.807) is 0 Å². The minimum Gasteiger partial charge on any atom is -0.435 e. The first-order chi connectivity index (χ1) is 17.1. The van der Waals surface area contributed by atoms with E-state index in [-0.39, 0.29) is 46.3 Å². The standard InChI is InChI=1S/C30H50O6Si/c1-17(31)32-26-30-16-20(33-26)23-22(18(30)13-14-21(30)36-37(8,9)27(2,3)4)25-24(34-28(5,6)35-25)19-12-10-11-15-29(19,23)7/h18-26H,10-16H2,1-9H3/t18?,19?,20?,21?,22?,23?,24?,25?,26?,29-,30+/m0/s1. The van der Waals surface area contributed by atoms with Crippen LogP contribution in [0.25, 0.3) is 0 Å². The van der Waals surface area contributed by atoms with E-state index >= 15 is 0 Å². The van der Waals surface area contributed by atoms with Crippen molar-refractivity contribution < 1.29 is 28.2 Å². The van der Waals surface area contributed by atoms with Gasteiger partial charge in [0.2, 0.25) is 6.29 Å². The zero-order chi connectivity index (χ0) is 26.8. The number of hydrogen-bond acceptors (Lipinski definition) is 6. The summed E-state index contributed by atoms with van der Waals surface area (Å²) >= 11 is 0. The van der Waals surface area contributed by atoms with Crippen LogP contribution in [0.1, 0.15) is 93.4 Å². The number of fused-ring (bicyclic) bond motifs is 9. The van der Waals surface area contributed by atoms with E-state index in [1.807, 2.05) is 0 Å². The molecule has 11 atom stereocenters. The van der Waals surface area contributed by atoms with E-state index in [4.69, 9.17) is 23.4 Å². The second-order valence-corrected chi connectivity index (χ2v) is 20.3. The molecule has 9 unspecified atom stereocenters. The first-order valence-electron chi connectivity index (χ1n) is 15.0. The van der Waals surface area contributed by atoms with Crippen LogP contribution in [0, 0.1) is 34.5 Å². The van der Waals surface area contributed by atoms with E-state index in [0.717, 1.165) is 19.3 Å². The van der Waals surface area contributed by atoms with Gasteiger partial charge in [-0.1, -0.05) is 40.5 Å². The van der Waals surface area contributed by atoms with E-state index in [0.29, 0.717) is 23.7 Å². The topological polar surface area (TPSA) is 63.2 Å². The van der Waals surface area contributed by atoms with Crippen molar-refractivity contribution in [2.24, 2.45) is 34.5 Å². The number of hydrogen-bond donors (Lipinski definition) is 0. The molecule has 2 saturated heterocycles. The maximum atomic E-state index is 12.4. The molecule has 2 heterocycles. The number of carbonyl (C=O) groups is 1. The molecule has 6 aliphatic rings. The van der Waals surface area contributed by atoms with Crippen LogP contribution >= 0.6 is 0 Å². The number of carbonyl (C=O) groups excluding carboxylic acids is 1. The Bertz CT molecular complexity index is 943. The molecule has 0 radical (unpaired) electrons. The molecule has 0 aromatic heterocycles. The summed E-state index contributed by atoms with van der Waals surface area (Å²) in [6.45, 7) is 19.8. The fraction of sp³-hybridized carbons (Fsp3) is 0.967. The monoisotopic (exact) mass is 534 g/mol. The summed E-state index contributed by atoms with van der Waals surface area (Å²) < 4.78 is 33.8. The second-order valence-electron chi connectivity index (χ2n) is 15.5. The largest absolute Gasteiger partial charge is 0.435 e. The Morgan fingerprint density at radius 2 is 1.68 bits per heavy atom. The van der Waals surface area contributed by atoms with Gasteiger partial charge in [-0.3, -0.25) is 4.79 Å². The SMILES string of the molecule is CC(=O)OC1OC2C[C@@]13C(O[Si](C)(C)C(C)(C)C)CCC3C1C3OC(C)(C)OC3C3CCCC[C@]3(C)C21. The maximum Gasteiger partial charge on any atom is 0.304 e. The molecule has 1 spiro atoms. The predicted octanol–water partition coefficient (Wildman–Crippen LogP) is 6.43. The highest BCUT2D eigenvalue weighted by molar-refractivity contribution is 6.74. The Balaban J connectivity index is 1.45. The average molecular weight is 535 g/mol. The molecule has 210 valence electrons. The quantitative estimate of drug-likeness (QED) is 0.307. The lowest BCUT2D eigenvalue weighted by molar-refractivity contribution is -0.202. The van der Waals surface area contributed by atoms with Crippen LogP contribution < -0.4 is 0 Å². The highest BCUT2D eigenvalue weighted by atomic mass is 28.4. The molecule has 0 aromatic rings. The average Bonchev–Trinajstić information content (AvgIpc) is 3.38. The van der Waals surface area contributed by atoms with Crippen LogP contribution in [0.2, 0.25) is 18.1 Å². The van der Waals surface area contributed by atoms with Gasteiger partial charge in [0.05, 0.1) is 29.8 Å². The zero-order valence-electron chi connectivity index (χ0n) is 24.6. The summed E-state index contributed by atoms with van der Waals surface area (Å²) in [7, 11) is -2.05. The summed E-state index contributed by atoms with van der Waals surface area (Å²) in [6.07, 6.45) is 7.71. The third-order valence-electron chi connectivity index (χ3n) is 12.1.